The number of rotatable bonds is 6. The van der Waals surface area contributed by atoms with Crippen LogP contribution in [-0.4, -0.2) is 19.3 Å². The van der Waals surface area contributed by atoms with Gasteiger partial charge in [0, 0.05) is 6.61 Å². The van der Waals surface area contributed by atoms with Gasteiger partial charge in [0.05, 0.1) is 18.8 Å². The number of hydrogen-bond acceptors (Lipinski definition) is 4. The highest BCUT2D eigenvalue weighted by Crippen LogP contribution is 2.41. The highest BCUT2D eigenvalue weighted by molar-refractivity contribution is 5.30. The Bertz CT molecular complexity index is 394. The Balaban J connectivity index is 2.26. The molecule has 1 atom stereocenters. The molecule has 1 saturated carbocycles. The largest absolute Gasteiger partial charge is 0.497 e. The van der Waals surface area contributed by atoms with Crippen LogP contribution in [0.25, 0.3) is 0 Å². The van der Waals surface area contributed by atoms with E-state index < -0.39 is 0 Å². The van der Waals surface area contributed by atoms with E-state index in [1.807, 2.05) is 12.1 Å². The van der Waals surface area contributed by atoms with Gasteiger partial charge in [-0.3, -0.25) is 11.3 Å². The van der Waals surface area contributed by atoms with Crippen molar-refractivity contribution in [3.05, 3.63) is 29.8 Å². The highest BCUT2D eigenvalue weighted by Gasteiger charge is 2.41. The van der Waals surface area contributed by atoms with Crippen LogP contribution >= 0.6 is 0 Å². The first-order valence-corrected chi connectivity index (χ1v) is 7.50. The zero-order valence-corrected chi connectivity index (χ0v) is 12.5. The summed E-state index contributed by atoms with van der Waals surface area (Å²) in [5, 5.41) is 0. The minimum atomic E-state index is -0.184. The van der Waals surface area contributed by atoms with Gasteiger partial charge in [0.15, 0.2) is 0 Å². The Labute approximate surface area is 121 Å². The summed E-state index contributed by atoms with van der Waals surface area (Å²) >= 11 is 0. The van der Waals surface area contributed by atoms with Crippen LogP contribution in [0.3, 0.4) is 0 Å². The molecule has 1 fully saturated rings. The van der Waals surface area contributed by atoms with E-state index in [-0.39, 0.29) is 11.6 Å². The van der Waals surface area contributed by atoms with Crippen LogP contribution in [0.15, 0.2) is 24.3 Å². The lowest BCUT2D eigenvalue weighted by Crippen LogP contribution is -2.49. The molecule has 112 valence electrons. The van der Waals surface area contributed by atoms with E-state index in [1.165, 1.54) is 19.3 Å². The summed E-state index contributed by atoms with van der Waals surface area (Å²) in [7, 11) is 1.68. The lowest BCUT2D eigenvalue weighted by molar-refractivity contribution is -0.0913. The van der Waals surface area contributed by atoms with Crippen molar-refractivity contribution in [2.24, 2.45) is 5.84 Å². The third-order valence-electron chi connectivity index (χ3n) is 4.27. The van der Waals surface area contributed by atoms with Crippen LogP contribution in [0.1, 0.15) is 50.6 Å². The Morgan fingerprint density at radius 2 is 1.85 bits per heavy atom. The minimum absolute atomic E-state index is 0.0219. The third kappa shape index (κ3) is 3.14. The van der Waals surface area contributed by atoms with Crippen LogP contribution < -0.4 is 16.0 Å². The van der Waals surface area contributed by atoms with Crippen LogP contribution in [0.4, 0.5) is 0 Å². The molecule has 0 heterocycles. The molecule has 1 aliphatic rings. The molecule has 0 amide bonds. The summed E-state index contributed by atoms with van der Waals surface area (Å²) in [6, 6.07) is 8.11. The fraction of sp³-hybridized carbons (Fsp3) is 0.625. The molecule has 0 aliphatic heterocycles. The lowest BCUT2D eigenvalue weighted by Gasteiger charge is -2.43. The molecule has 0 aromatic heterocycles. The molecule has 4 nitrogen and oxygen atoms in total. The molecule has 3 N–H and O–H groups in total. The van der Waals surface area contributed by atoms with Gasteiger partial charge in [0.2, 0.25) is 0 Å². The number of hydrazine groups is 1. The van der Waals surface area contributed by atoms with Crippen molar-refractivity contribution in [3.63, 3.8) is 0 Å². The molecule has 1 aliphatic carbocycles. The summed E-state index contributed by atoms with van der Waals surface area (Å²) in [6.07, 6.45) is 5.81. The molecule has 2 rings (SSSR count). The standard InChI is InChI=1S/C16H26N2O2/c1-3-20-16(11-5-4-6-12-16)15(18-17)13-7-9-14(19-2)10-8-13/h7-10,15,18H,3-6,11-12,17H2,1-2H3. The second-order valence-electron chi connectivity index (χ2n) is 5.43. The molecule has 0 bridgehead atoms. The van der Waals surface area contributed by atoms with Gasteiger partial charge in [-0.1, -0.05) is 31.4 Å². The van der Waals surface area contributed by atoms with Gasteiger partial charge in [-0.15, -0.1) is 0 Å². The third-order valence-corrected chi connectivity index (χ3v) is 4.27. The molecular weight excluding hydrogens is 252 g/mol. The number of nitrogens with two attached hydrogens (primary N) is 1. The fourth-order valence-corrected chi connectivity index (χ4v) is 3.30. The Hall–Kier alpha value is -1.10. The van der Waals surface area contributed by atoms with Gasteiger partial charge >= 0.3 is 0 Å². The van der Waals surface area contributed by atoms with Crippen molar-refractivity contribution in [1.29, 1.82) is 0 Å². The number of hydrogen-bond donors (Lipinski definition) is 2. The first-order valence-electron chi connectivity index (χ1n) is 7.50. The summed E-state index contributed by atoms with van der Waals surface area (Å²) in [6.45, 7) is 2.77. The second-order valence-corrected chi connectivity index (χ2v) is 5.43. The van der Waals surface area contributed by atoms with E-state index >= 15 is 0 Å². The second kappa shape index (κ2) is 7.07. The number of benzene rings is 1. The van der Waals surface area contributed by atoms with E-state index in [1.54, 1.807) is 7.11 Å². The molecule has 1 aromatic carbocycles. The zero-order valence-electron chi connectivity index (χ0n) is 12.5. The van der Waals surface area contributed by atoms with Crippen LogP contribution in [0, 0.1) is 0 Å². The van der Waals surface area contributed by atoms with Crippen LogP contribution in [0.2, 0.25) is 0 Å². The normalized spacial score (nSPS) is 19.6. The Kier molecular flexibility index (Phi) is 5.40. The number of ether oxygens (including phenoxy) is 2. The van der Waals surface area contributed by atoms with Crippen molar-refractivity contribution < 1.29 is 9.47 Å². The molecular formula is C16H26N2O2. The van der Waals surface area contributed by atoms with E-state index in [4.69, 9.17) is 15.3 Å². The van der Waals surface area contributed by atoms with Crippen molar-refractivity contribution in [2.75, 3.05) is 13.7 Å². The quantitative estimate of drug-likeness (QED) is 0.620. The predicted octanol–water partition coefficient (Wildman–Crippen LogP) is 2.94. The molecule has 0 saturated heterocycles. The first-order chi connectivity index (χ1) is 9.75. The molecule has 0 radical (unpaired) electrons. The smallest absolute Gasteiger partial charge is 0.118 e. The predicted molar refractivity (Wildman–Crippen MR) is 80.5 cm³/mol. The molecule has 1 aromatic rings. The van der Waals surface area contributed by atoms with Crippen molar-refractivity contribution in [2.45, 2.75) is 50.7 Å². The van der Waals surface area contributed by atoms with Gasteiger partial charge in [0.25, 0.3) is 0 Å². The maximum absolute atomic E-state index is 6.16. The molecule has 20 heavy (non-hydrogen) atoms. The molecule has 1 unspecified atom stereocenters. The Morgan fingerprint density at radius 1 is 1.20 bits per heavy atom. The van der Waals surface area contributed by atoms with Crippen molar-refractivity contribution >= 4 is 0 Å². The maximum Gasteiger partial charge on any atom is 0.118 e. The van der Waals surface area contributed by atoms with Crippen molar-refractivity contribution in [3.8, 4) is 5.75 Å². The summed E-state index contributed by atoms with van der Waals surface area (Å²) in [4.78, 5) is 0. The van der Waals surface area contributed by atoms with Gasteiger partial charge in [-0.2, -0.15) is 0 Å². The van der Waals surface area contributed by atoms with E-state index in [0.717, 1.165) is 24.2 Å². The highest BCUT2D eigenvalue weighted by atomic mass is 16.5. The van der Waals surface area contributed by atoms with Crippen molar-refractivity contribution in [1.82, 2.24) is 5.43 Å². The van der Waals surface area contributed by atoms with Gasteiger partial charge in [-0.25, -0.2) is 0 Å². The summed E-state index contributed by atoms with van der Waals surface area (Å²) in [5.41, 5.74) is 3.96. The molecule has 0 spiro atoms. The van der Waals surface area contributed by atoms with E-state index in [9.17, 15) is 0 Å². The SMILES string of the molecule is CCOC1(C(NN)c2ccc(OC)cc2)CCCCC1. The van der Waals surface area contributed by atoms with E-state index in [2.05, 4.69) is 24.5 Å². The van der Waals surface area contributed by atoms with Crippen LogP contribution in [0.5, 0.6) is 5.75 Å². The first kappa shape index (κ1) is 15.3. The van der Waals surface area contributed by atoms with Gasteiger partial charge in [-0.05, 0) is 37.5 Å². The average Bonchev–Trinajstić information content (AvgIpc) is 2.50. The summed E-state index contributed by atoms with van der Waals surface area (Å²) in [5.74, 6) is 6.72. The average molecular weight is 278 g/mol. The summed E-state index contributed by atoms with van der Waals surface area (Å²) < 4.78 is 11.4. The lowest BCUT2D eigenvalue weighted by atomic mass is 9.77. The molecule has 4 heteroatoms. The zero-order chi connectivity index (χ0) is 14.4. The fourth-order valence-electron chi connectivity index (χ4n) is 3.30. The van der Waals surface area contributed by atoms with Gasteiger partial charge < -0.3 is 9.47 Å². The number of methoxy groups -OCH3 is 1. The topological polar surface area (TPSA) is 56.5 Å². The number of nitrogens with one attached hydrogen (secondary N) is 1. The minimum Gasteiger partial charge on any atom is -0.497 e. The van der Waals surface area contributed by atoms with Gasteiger partial charge in [0.1, 0.15) is 5.75 Å². The monoisotopic (exact) mass is 278 g/mol. The van der Waals surface area contributed by atoms with E-state index in [0.29, 0.717) is 6.61 Å². The maximum atomic E-state index is 6.16. The van der Waals surface area contributed by atoms with Crippen LogP contribution in [-0.2, 0) is 4.74 Å². The Morgan fingerprint density at radius 3 is 2.35 bits per heavy atom.